The van der Waals surface area contributed by atoms with Crippen LogP contribution >= 0.6 is 0 Å². The first-order valence-corrected chi connectivity index (χ1v) is 5.63. The van der Waals surface area contributed by atoms with Crippen molar-refractivity contribution in [2.75, 3.05) is 0 Å². The van der Waals surface area contributed by atoms with Crippen molar-refractivity contribution in [3.05, 3.63) is 54.1 Å². The Bertz CT molecular complexity index is 451. The number of carbonyl (C=O) groups excluding carboxylic acids is 1. The van der Waals surface area contributed by atoms with Crippen molar-refractivity contribution in [2.24, 2.45) is 0 Å². The van der Waals surface area contributed by atoms with E-state index in [4.69, 9.17) is 0 Å². The van der Waals surface area contributed by atoms with Gasteiger partial charge in [0.2, 0.25) is 5.91 Å². The molecule has 0 unspecified atom stereocenters. The zero-order chi connectivity index (χ0) is 11.9. The number of H-pyrrole nitrogens is 1. The second-order valence-corrected chi connectivity index (χ2v) is 3.79. The molecule has 4 nitrogen and oxygen atoms in total. The molecule has 17 heavy (non-hydrogen) atoms. The molecule has 0 saturated heterocycles. The lowest BCUT2D eigenvalue weighted by molar-refractivity contribution is -0.121. The fourth-order valence-electron chi connectivity index (χ4n) is 1.55. The predicted octanol–water partition coefficient (Wildman–Crippen LogP) is 1.66. The molecule has 0 aliphatic carbocycles. The van der Waals surface area contributed by atoms with Crippen molar-refractivity contribution < 1.29 is 4.79 Å². The van der Waals surface area contributed by atoms with Crippen LogP contribution in [0.5, 0.6) is 0 Å². The SMILES string of the molecule is O=C(CCc1ccccn1)NCc1ccc[nH]1. The third-order valence-electron chi connectivity index (χ3n) is 2.47. The first-order chi connectivity index (χ1) is 8.34. The summed E-state index contributed by atoms with van der Waals surface area (Å²) in [6, 6.07) is 9.58. The van der Waals surface area contributed by atoms with Gasteiger partial charge in [-0.2, -0.15) is 0 Å². The van der Waals surface area contributed by atoms with Gasteiger partial charge in [0.1, 0.15) is 0 Å². The molecule has 88 valence electrons. The van der Waals surface area contributed by atoms with E-state index in [2.05, 4.69) is 15.3 Å². The van der Waals surface area contributed by atoms with Crippen molar-refractivity contribution in [2.45, 2.75) is 19.4 Å². The molecule has 0 aromatic carbocycles. The van der Waals surface area contributed by atoms with Gasteiger partial charge in [-0.15, -0.1) is 0 Å². The Hall–Kier alpha value is -2.10. The van der Waals surface area contributed by atoms with Gasteiger partial charge in [0.15, 0.2) is 0 Å². The minimum absolute atomic E-state index is 0.0465. The first-order valence-electron chi connectivity index (χ1n) is 5.63. The summed E-state index contributed by atoms with van der Waals surface area (Å²) in [7, 11) is 0. The molecule has 4 heteroatoms. The second kappa shape index (κ2) is 5.84. The van der Waals surface area contributed by atoms with Crippen LogP contribution in [0.15, 0.2) is 42.7 Å². The van der Waals surface area contributed by atoms with Crippen LogP contribution in [0, 0.1) is 0 Å². The van der Waals surface area contributed by atoms with E-state index in [1.54, 1.807) is 6.20 Å². The van der Waals surface area contributed by atoms with Gasteiger partial charge in [0.25, 0.3) is 0 Å². The van der Waals surface area contributed by atoms with Crippen molar-refractivity contribution in [1.29, 1.82) is 0 Å². The number of aromatic amines is 1. The van der Waals surface area contributed by atoms with Crippen LogP contribution in [-0.4, -0.2) is 15.9 Å². The number of aromatic nitrogens is 2. The summed E-state index contributed by atoms with van der Waals surface area (Å²) in [6.45, 7) is 0.550. The third kappa shape index (κ3) is 3.75. The molecule has 2 heterocycles. The molecular formula is C13H15N3O. The normalized spacial score (nSPS) is 10.1. The lowest BCUT2D eigenvalue weighted by Gasteiger charge is -2.03. The Labute approximate surface area is 100 Å². The highest BCUT2D eigenvalue weighted by molar-refractivity contribution is 5.76. The highest BCUT2D eigenvalue weighted by atomic mass is 16.1. The van der Waals surface area contributed by atoms with Gasteiger partial charge in [-0.05, 0) is 30.7 Å². The van der Waals surface area contributed by atoms with Gasteiger partial charge in [-0.1, -0.05) is 6.07 Å². The van der Waals surface area contributed by atoms with Crippen LogP contribution in [0.1, 0.15) is 17.8 Å². The molecule has 2 N–H and O–H groups in total. The minimum Gasteiger partial charge on any atom is -0.364 e. The van der Waals surface area contributed by atoms with Crippen molar-refractivity contribution >= 4 is 5.91 Å². The average molecular weight is 229 g/mol. The molecule has 0 bridgehead atoms. The number of rotatable bonds is 5. The smallest absolute Gasteiger partial charge is 0.220 e. The van der Waals surface area contributed by atoms with Gasteiger partial charge in [0, 0.05) is 30.2 Å². The first kappa shape index (κ1) is 11.4. The number of amides is 1. The zero-order valence-corrected chi connectivity index (χ0v) is 9.52. The summed E-state index contributed by atoms with van der Waals surface area (Å²) in [4.78, 5) is 18.8. The molecule has 0 aliphatic heterocycles. The lowest BCUT2D eigenvalue weighted by atomic mass is 10.2. The minimum atomic E-state index is 0.0465. The number of pyridine rings is 1. The van der Waals surface area contributed by atoms with Gasteiger partial charge in [-0.25, -0.2) is 0 Å². The molecule has 1 amide bonds. The van der Waals surface area contributed by atoms with E-state index in [-0.39, 0.29) is 5.91 Å². The lowest BCUT2D eigenvalue weighted by Crippen LogP contribution is -2.23. The third-order valence-corrected chi connectivity index (χ3v) is 2.47. The number of hydrogen-bond acceptors (Lipinski definition) is 2. The molecule has 0 saturated carbocycles. The van der Waals surface area contributed by atoms with E-state index in [9.17, 15) is 4.79 Å². The zero-order valence-electron chi connectivity index (χ0n) is 9.52. The maximum Gasteiger partial charge on any atom is 0.220 e. The van der Waals surface area contributed by atoms with Crippen LogP contribution in [0.2, 0.25) is 0 Å². The Morgan fingerprint density at radius 2 is 2.24 bits per heavy atom. The summed E-state index contributed by atoms with van der Waals surface area (Å²) in [5.74, 6) is 0.0465. The topological polar surface area (TPSA) is 57.8 Å². The molecule has 2 rings (SSSR count). The molecule has 0 aliphatic rings. The second-order valence-electron chi connectivity index (χ2n) is 3.79. The Kier molecular flexibility index (Phi) is 3.91. The van der Waals surface area contributed by atoms with Crippen LogP contribution in [0.4, 0.5) is 0 Å². The van der Waals surface area contributed by atoms with Gasteiger partial charge >= 0.3 is 0 Å². The van der Waals surface area contributed by atoms with Crippen molar-refractivity contribution in [1.82, 2.24) is 15.3 Å². The van der Waals surface area contributed by atoms with E-state index >= 15 is 0 Å². The summed E-state index contributed by atoms with van der Waals surface area (Å²) >= 11 is 0. The Morgan fingerprint density at radius 3 is 2.94 bits per heavy atom. The van der Waals surface area contributed by atoms with Crippen LogP contribution < -0.4 is 5.32 Å². The molecule has 0 fully saturated rings. The fraction of sp³-hybridized carbons (Fsp3) is 0.231. The van der Waals surface area contributed by atoms with Gasteiger partial charge in [0.05, 0.1) is 6.54 Å². The van der Waals surface area contributed by atoms with Gasteiger partial charge < -0.3 is 10.3 Å². The van der Waals surface area contributed by atoms with E-state index in [1.165, 1.54) is 0 Å². The van der Waals surface area contributed by atoms with E-state index in [0.29, 0.717) is 19.4 Å². The van der Waals surface area contributed by atoms with Gasteiger partial charge in [-0.3, -0.25) is 9.78 Å². The summed E-state index contributed by atoms with van der Waals surface area (Å²) < 4.78 is 0. The molecule has 2 aromatic rings. The number of hydrogen-bond donors (Lipinski definition) is 2. The summed E-state index contributed by atoms with van der Waals surface area (Å²) in [6.07, 6.45) is 4.73. The molecule has 0 radical (unpaired) electrons. The highest BCUT2D eigenvalue weighted by Crippen LogP contribution is 1.99. The molecule has 2 aromatic heterocycles. The fourth-order valence-corrected chi connectivity index (χ4v) is 1.55. The maximum absolute atomic E-state index is 11.6. The van der Waals surface area contributed by atoms with Crippen molar-refractivity contribution in [3.8, 4) is 0 Å². The van der Waals surface area contributed by atoms with Crippen molar-refractivity contribution in [3.63, 3.8) is 0 Å². The summed E-state index contributed by atoms with van der Waals surface area (Å²) in [5, 5.41) is 2.86. The predicted molar refractivity (Wildman–Crippen MR) is 65.2 cm³/mol. The average Bonchev–Trinajstić information content (AvgIpc) is 2.88. The monoisotopic (exact) mass is 229 g/mol. The highest BCUT2D eigenvalue weighted by Gasteiger charge is 2.02. The van der Waals surface area contributed by atoms with Crippen LogP contribution in [0.25, 0.3) is 0 Å². The quantitative estimate of drug-likeness (QED) is 0.819. The largest absolute Gasteiger partial charge is 0.364 e. The summed E-state index contributed by atoms with van der Waals surface area (Å²) in [5.41, 5.74) is 1.96. The van der Waals surface area contributed by atoms with E-state index in [1.807, 2.05) is 36.5 Å². The number of aryl methyl sites for hydroxylation is 1. The van der Waals surface area contributed by atoms with Crippen LogP contribution in [-0.2, 0) is 17.8 Å². The number of nitrogens with one attached hydrogen (secondary N) is 2. The number of carbonyl (C=O) groups is 1. The number of nitrogens with zero attached hydrogens (tertiary/aromatic N) is 1. The Morgan fingerprint density at radius 1 is 1.29 bits per heavy atom. The van der Waals surface area contributed by atoms with E-state index < -0.39 is 0 Å². The van der Waals surface area contributed by atoms with Crippen LogP contribution in [0.3, 0.4) is 0 Å². The molecule has 0 atom stereocenters. The van der Waals surface area contributed by atoms with E-state index in [0.717, 1.165) is 11.4 Å². The maximum atomic E-state index is 11.6. The Balaban J connectivity index is 1.71. The standard InChI is InChI=1S/C13H15N3O/c17-13(16-10-12-5-3-9-15-12)7-6-11-4-1-2-8-14-11/h1-5,8-9,15H,6-7,10H2,(H,16,17). The molecule has 0 spiro atoms. The molecular weight excluding hydrogens is 214 g/mol.